The molecule has 0 atom stereocenters. The summed E-state index contributed by atoms with van der Waals surface area (Å²) in [7, 11) is 0. The molecule has 0 aromatic heterocycles. The number of nitrogens with zero attached hydrogens (tertiary/aromatic N) is 1. The van der Waals surface area contributed by atoms with Crippen LogP contribution in [0.1, 0.15) is 77.6 Å². The van der Waals surface area contributed by atoms with Gasteiger partial charge in [-0.2, -0.15) is 0 Å². The Morgan fingerprint density at radius 1 is 0.905 bits per heavy atom. The molecular formula is C17H36N2O2. The molecule has 0 fully saturated rings. The minimum absolute atomic E-state index is 0.215. The average molecular weight is 300 g/mol. The number of nitrogens with two attached hydrogens (primary N) is 1. The number of aliphatic hydroxyl groups excluding tert-OH is 1. The molecule has 0 aliphatic rings. The van der Waals surface area contributed by atoms with Gasteiger partial charge in [-0.15, -0.1) is 0 Å². The molecule has 3 N–H and O–H groups in total. The third-order valence-corrected chi connectivity index (χ3v) is 3.82. The van der Waals surface area contributed by atoms with Crippen molar-refractivity contribution >= 4 is 5.91 Å². The lowest BCUT2D eigenvalue weighted by Crippen LogP contribution is -2.33. The molecule has 0 aromatic rings. The highest BCUT2D eigenvalue weighted by atomic mass is 16.3. The first-order chi connectivity index (χ1) is 10.3. The van der Waals surface area contributed by atoms with E-state index in [9.17, 15) is 4.79 Å². The standard InChI is InChI=1S/C17H36N2O2/c1-2-3-4-5-6-9-14-19(15-10-11-16-20)17(21)12-7-8-13-18/h20H,2-16,18H2,1H3. The highest BCUT2D eigenvalue weighted by Gasteiger charge is 2.12. The maximum absolute atomic E-state index is 12.2. The predicted molar refractivity (Wildman–Crippen MR) is 89.2 cm³/mol. The van der Waals surface area contributed by atoms with E-state index >= 15 is 0 Å². The zero-order valence-electron chi connectivity index (χ0n) is 14.0. The van der Waals surface area contributed by atoms with Crippen LogP contribution in [0.2, 0.25) is 0 Å². The van der Waals surface area contributed by atoms with Crippen molar-refractivity contribution < 1.29 is 9.90 Å². The van der Waals surface area contributed by atoms with Crippen molar-refractivity contribution in [3.63, 3.8) is 0 Å². The summed E-state index contributed by atoms with van der Waals surface area (Å²) >= 11 is 0. The quantitative estimate of drug-likeness (QED) is 0.457. The van der Waals surface area contributed by atoms with Gasteiger partial charge in [0.05, 0.1) is 0 Å². The molecule has 126 valence electrons. The molecule has 0 saturated heterocycles. The van der Waals surface area contributed by atoms with Crippen molar-refractivity contribution in [1.29, 1.82) is 0 Å². The van der Waals surface area contributed by atoms with Crippen LogP contribution in [0.4, 0.5) is 0 Å². The monoisotopic (exact) mass is 300 g/mol. The van der Waals surface area contributed by atoms with E-state index in [0.29, 0.717) is 13.0 Å². The van der Waals surface area contributed by atoms with Crippen LogP contribution < -0.4 is 5.73 Å². The van der Waals surface area contributed by atoms with E-state index < -0.39 is 0 Å². The van der Waals surface area contributed by atoms with Gasteiger partial charge in [-0.1, -0.05) is 39.0 Å². The fourth-order valence-electron chi connectivity index (χ4n) is 2.44. The molecule has 0 heterocycles. The van der Waals surface area contributed by atoms with Crippen molar-refractivity contribution in [1.82, 2.24) is 4.90 Å². The van der Waals surface area contributed by atoms with Gasteiger partial charge in [0, 0.05) is 26.1 Å². The van der Waals surface area contributed by atoms with Gasteiger partial charge in [0.25, 0.3) is 0 Å². The molecule has 0 unspecified atom stereocenters. The molecule has 0 aliphatic carbocycles. The number of carbonyl (C=O) groups is 1. The number of carbonyl (C=O) groups excluding carboxylic acids is 1. The highest BCUT2D eigenvalue weighted by molar-refractivity contribution is 5.76. The van der Waals surface area contributed by atoms with Gasteiger partial charge < -0.3 is 15.7 Å². The Labute approximate surface area is 131 Å². The number of hydrogen-bond donors (Lipinski definition) is 2. The Hall–Kier alpha value is -0.610. The Morgan fingerprint density at radius 2 is 1.52 bits per heavy atom. The maximum atomic E-state index is 12.2. The summed E-state index contributed by atoms with van der Waals surface area (Å²) in [5, 5.41) is 8.87. The molecule has 0 spiro atoms. The highest BCUT2D eigenvalue weighted by Crippen LogP contribution is 2.09. The van der Waals surface area contributed by atoms with Crippen molar-refractivity contribution in [3.8, 4) is 0 Å². The summed E-state index contributed by atoms with van der Waals surface area (Å²) in [5.41, 5.74) is 5.47. The third kappa shape index (κ3) is 12.8. The number of amides is 1. The lowest BCUT2D eigenvalue weighted by Gasteiger charge is -2.23. The Balaban J connectivity index is 3.91. The van der Waals surface area contributed by atoms with Crippen molar-refractivity contribution in [2.75, 3.05) is 26.2 Å². The molecule has 0 saturated carbocycles. The van der Waals surface area contributed by atoms with Crippen LogP contribution in [0.15, 0.2) is 0 Å². The Morgan fingerprint density at radius 3 is 2.14 bits per heavy atom. The maximum Gasteiger partial charge on any atom is 0.222 e. The topological polar surface area (TPSA) is 66.6 Å². The first kappa shape index (κ1) is 20.4. The second-order valence-electron chi connectivity index (χ2n) is 5.83. The summed E-state index contributed by atoms with van der Waals surface area (Å²) in [5.74, 6) is 0.259. The zero-order valence-corrected chi connectivity index (χ0v) is 14.0. The molecule has 0 aromatic carbocycles. The second-order valence-corrected chi connectivity index (χ2v) is 5.83. The summed E-state index contributed by atoms with van der Waals surface area (Å²) in [6, 6.07) is 0. The number of rotatable bonds is 15. The molecule has 0 bridgehead atoms. The van der Waals surface area contributed by atoms with E-state index in [1.54, 1.807) is 0 Å². The SMILES string of the molecule is CCCCCCCCN(CCCCO)C(=O)CCCCN. The summed E-state index contributed by atoms with van der Waals surface area (Å²) in [6.07, 6.45) is 11.6. The summed E-state index contributed by atoms with van der Waals surface area (Å²) in [4.78, 5) is 14.2. The van der Waals surface area contributed by atoms with Crippen LogP contribution in [-0.2, 0) is 4.79 Å². The van der Waals surface area contributed by atoms with Gasteiger partial charge in [0.1, 0.15) is 0 Å². The minimum atomic E-state index is 0.215. The van der Waals surface area contributed by atoms with Crippen LogP contribution >= 0.6 is 0 Å². The summed E-state index contributed by atoms with van der Waals surface area (Å²) < 4.78 is 0. The molecule has 21 heavy (non-hydrogen) atoms. The van der Waals surface area contributed by atoms with E-state index in [1.165, 1.54) is 32.1 Å². The average Bonchev–Trinajstić information content (AvgIpc) is 2.49. The molecule has 0 aliphatic heterocycles. The van der Waals surface area contributed by atoms with Gasteiger partial charge in [0.2, 0.25) is 5.91 Å². The fraction of sp³-hybridized carbons (Fsp3) is 0.941. The van der Waals surface area contributed by atoms with Crippen molar-refractivity contribution in [2.45, 2.75) is 77.6 Å². The molecule has 1 amide bonds. The molecule has 4 nitrogen and oxygen atoms in total. The molecule has 0 radical (unpaired) electrons. The first-order valence-electron chi connectivity index (χ1n) is 8.85. The Kier molecular flexibility index (Phi) is 15.3. The van der Waals surface area contributed by atoms with E-state index in [0.717, 1.165) is 45.2 Å². The molecule has 4 heteroatoms. The van der Waals surface area contributed by atoms with Gasteiger partial charge >= 0.3 is 0 Å². The van der Waals surface area contributed by atoms with Crippen LogP contribution in [-0.4, -0.2) is 42.2 Å². The van der Waals surface area contributed by atoms with Crippen LogP contribution in [0, 0.1) is 0 Å². The van der Waals surface area contributed by atoms with Gasteiger partial charge in [0.15, 0.2) is 0 Å². The van der Waals surface area contributed by atoms with Gasteiger partial charge in [-0.25, -0.2) is 0 Å². The number of hydrogen-bond acceptors (Lipinski definition) is 3. The smallest absolute Gasteiger partial charge is 0.222 e. The van der Waals surface area contributed by atoms with E-state index in [-0.39, 0.29) is 12.5 Å². The third-order valence-electron chi connectivity index (χ3n) is 3.82. The van der Waals surface area contributed by atoms with Gasteiger partial charge in [-0.3, -0.25) is 4.79 Å². The second kappa shape index (κ2) is 15.8. The van der Waals surface area contributed by atoms with Crippen LogP contribution in [0.25, 0.3) is 0 Å². The first-order valence-corrected chi connectivity index (χ1v) is 8.85. The summed E-state index contributed by atoms with van der Waals surface area (Å²) in [6.45, 7) is 4.76. The van der Waals surface area contributed by atoms with E-state index in [1.807, 2.05) is 4.90 Å². The molecule has 0 rings (SSSR count). The van der Waals surface area contributed by atoms with E-state index in [2.05, 4.69) is 6.92 Å². The zero-order chi connectivity index (χ0) is 15.8. The minimum Gasteiger partial charge on any atom is -0.396 e. The van der Waals surface area contributed by atoms with Crippen LogP contribution in [0.3, 0.4) is 0 Å². The van der Waals surface area contributed by atoms with Crippen molar-refractivity contribution in [2.24, 2.45) is 5.73 Å². The number of aliphatic hydroxyl groups is 1. The normalized spacial score (nSPS) is 10.8. The lowest BCUT2D eigenvalue weighted by molar-refractivity contribution is -0.131. The van der Waals surface area contributed by atoms with Crippen LogP contribution in [0.5, 0.6) is 0 Å². The van der Waals surface area contributed by atoms with Crippen molar-refractivity contribution in [3.05, 3.63) is 0 Å². The largest absolute Gasteiger partial charge is 0.396 e. The lowest BCUT2D eigenvalue weighted by atomic mass is 10.1. The fourth-order valence-corrected chi connectivity index (χ4v) is 2.44. The number of unbranched alkanes of at least 4 members (excludes halogenated alkanes) is 7. The Bertz CT molecular complexity index is 235. The molecular weight excluding hydrogens is 264 g/mol. The van der Waals surface area contributed by atoms with Gasteiger partial charge in [-0.05, 0) is 38.6 Å². The van der Waals surface area contributed by atoms with E-state index in [4.69, 9.17) is 10.8 Å². The predicted octanol–water partition coefficient (Wildman–Crippen LogP) is 3.08.